The van der Waals surface area contributed by atoms with Crippen molar-refractivity contribution in [3.8, 4) is 11.4 Å². The average Bonchev–Trinajstić information content (AvgIpc) is 2.42. The van der Waals surface area contributed by atoms with E-state index < -0.39 is 0 Å². The van der Waals surface area contributed by atoms with Gasteiger partial charge in [-0.1, -0.05) is 30.1 Å². The van der Waals surface area contributed by atoms with E-state index in [4.69, 9.17) is 28.9 Å². The molecule has 5 heteroatoms. The summed E-state index contributed by atoms with van der Waals surface area (Å²) in [6.45, 7) is 2.06. The highest BCUT2D eigenvalue weighted by Crippen LogP contribution is 2.26. The molecular weight excluding hydrogens is 281 g/mol. The first-order chi connectivity index (χ1) is 9.10. The van der Waals surface area contributed by atoms with E-state index in [0.717, 1.165) is 24.1 Å². The topological polar surface area (TPSA) is 51.8 Å². The van der Waals surface area contributed by atoms with Crippen LogP contribution in [0.5, 0.6) is 0 Å². The van der Waals surface area contributed by atoms with Crippen molar-refractivity contribution in [1.82, 2.24) is 9.97 Å². The highest BCUT2D eigenvalue weighted by Gasteiger charge is 2.07. The maximum absolute atomic E-state index is 6.00. The molecule has 100 valence electrons. The monoisotopic (exact) mass is 295 g/mol. The fraction of sp³-hybridized carbons (Fsp3) is 0.286. The fourth-order valence-electron chi connectivity index (χ4n) is 1.70. The molecule has 1 atom stereocenters. The predicted octanol–water partition coefficient (Wildman–Crippen LogP) is 3.73. The van der Waals surface area contributed by atoms with E-state index in [9.17, 15) is 0 Å². The van der Waals surface area contributed by atoms with Crippen LogP contribution < -0.4 is 5.73 Å². The molecule has 1 unspecified atom stereocenters. The van der Waals surface area contributed by atoms with Crippen LogP contribution in [0.25, 0.3) is 11.4 Å². The minimum atomic E-state index is 0.122. The van der Waals surface area contributed by atoms with Crippen molar-refractivity contribution in [1.29, 1.82) is 0 Å². The van der Waals surface area contributed by atoms with Gasteiger partial charge in [0, 0.05) is 29.9 Å². The molecule has 1 aromatic carbocycles. The Kier molecular flexibility index (Phi) is 4.75. The lowest BCUT2D eigenvalue weighted by molar-refractivity contribution is 0.636. The number of benzene rings is 1. The minimum Gasteiger partial charge on any atom is -0.327 e. The second-order valence-corrected chi connectivity index (χ2v) is 5.19. The van der Waals surface area contributed by atoms with Gasteiger partial charge >= 0.3 is 0 Å². The molecule has 0 aliphatic heterocycles. The molecule has 2 rings (SSSR count). The molecule has 2 N–H and O–H groups in total. The summed E-state index contributed by atoms with van der Waals surface area (Å²) in [5.74, 6) is 0.638. The maximum Gasteiger partial charge on any atom is 0.159 e. The quantitative estimate of drug-likeness (QED) is 0.935. The van der Waals surface area contributed by atoms with Gasteiger partial charge < -0.3 is 5.73 Å². The summed E-state index contributed by atoms with van der Waals surface area (Å²) in [4.78, 5) is 8.77. The second kappa shape index (κ2) is 6.33. The number of aromatic nitrogens is 2. The van der Waals surface area contributed by atoms with E-state index in [1.807, 2.05) is 12.1 Å². The number of nitrogens with zero attached hydrogens (tertiary/aromatic N) is 2. The standard InChI is InChI=1S/C14H15Cl2N3/c1-2-10(17)8-11-5-6-18-14(19-11)9-3-4-12(15)13(16)7-9/h3-7,10H,2,8,17H2,1H3. The van der Waals surface area contributed by atoms with Crippen molar-refractivity contribution in [2.24, 2.45) is 5.73 Å². The van der Waals surface area contributed by atoms with Crippen molar-refractivity contribution in [3.63, 3.8) is 0 Å². The van der Waals surface area contributed by atoms with E-state index in [2.05, 4.69) is 16.9 Å². The molecule has 0 bridgehead atoms. The molecule has 3 nitrogen and oxygen atoms in total. The largest absolute Gasteiger partial charge is 0.327 e. The van der Waals surface area contributed by atoms with Gasteiger partial charge in [-0.15, -0.1) is 0 Å². The first-order valence-electron chi connectivity index (χ1n) is 6.13. The molecule has 1 aromatic heterocycles. The van der Waals surface area contributed by atoms with Crippen molar-refractivity contribution in [2.75, 3.05) is 0 Å². The Balaban J connectivity index is 2.29. The van der Waals surface area contributed by atoms with Gasteiger partial charge in [-0.3, -0.25) is 0 Å². The third-order valence-electron chi connectivity index (χ3n) is 2.89. The molecular formula is C14H15Cl2N3. The van der Waals surface area contributed by atoms with Crippen molar-refractivity contribution in [2.45, 2.75) is 25.8 Å². The maximum atomic E-state index is 6.00. The van der Waals surface area contributed by atoms with E-state index in [0.29, 0.717) is 15.9 Å². The number of rotatable bonds is 4. The fourth-order valence-corrected chi connectivity index (χ4v) is 2.00. The average molecular weight is 296 g/mol. The first-order valence-corrected chi connectivity index (χ1v) is 6.88. The Hall–Kier alpha value is -1.16. The molecule has 0 aliphatic rings. The number of halogens is 2. The van der Waals surface area contributed by atoms with Gasteiger partial charge in [0.2, 0.25) is 0 Å². The van der Waals surface area contributed by atoms with Crippen LogP contribution in [0.4, 0.5) is 0 Å². The lowest BCUT2D eigenvalue weighted by atomic mass is 10.1. The molecule has 1 heterocycles. The van der Waals surface area contributed by atoms with Crippen LogP contribution in [-0.2, 0) is 6.42 Å². The number of hydrogen-bond acceptors (Lipinski definition) is 3. The summed E-state index contributed by atoms with van der Waals surface area (Å²) in [6.07, 6.45) is 3.40. The zero-order chi connectivity index (χ0) is 13.8. The molecule has 0 spiro atoms. The van der Waals surface area contributed by atoms with Crippen LogP contribution >= 0.6 is 23.2 Å². The normalized spacial score (nSPS) is 12.4. The van der Waals surface area contributed by atoms with Gasteiger partial charge in [0.15, 0.2) is 5.82 Å². The molecule has 19 heavy (non-hydrogen) atoms. The van der Waals surface area contributed by atoms with Gasteiger partial charge in [0.25, 0.3) is 0 Å². The van der Waals surface area contributed by atoms with Gasteiger partial charge in [-0.25, -0.2) is 9.97 Å². The van der Waals surface area contributed by atoms with Crippen LogP contribution in [0, 0.1) is 0 Å². The zero-order valence-corrected chi connectivity index (χ0v) is 12.1. The minimum absolute atomic E-state index is 0.122. The summed E-state index contributed by atoms with van der Waals surface area (Å²) < 4.78 is 0. The Morgan fingerprint density at radius 2 is 2.00 bits per heavy atom. The Labute approximate surface area is 122 Å². The van der Waals surface area contributed by atoms with Crippen molar-refractivity contribution in [3.05, 3.63) is 46.2 Å². The molecule has 0 aliphatic carbocycles. The number of hydrogen-bond donors (Lipinski definition) is 1. The van der Waals surface area contributed by atoms with Crippen LogP contribution in [0.1, 0.15) is 19.0 Å². The Morgan fingerprint density at radius 3 is 2.68 bits per heavy atom. The van der Waals surface area contributed by atoms with Gasteiger partial charge in [-0.2, -0.15) is 0 Å². The highest BCUT2D eigenvalue weighted by atomic mass is 35.5. The lowest BCUT2D eigenvalue weighted by Gasteiger charge is -2.09. The van der Waals surface area contributed by atoms with Crippen molar-refractivity contribution < 1.29 is 0 Å². The number of nitrogens with two attached hydrogens (primary N) is 1. The molecule has 0 saturated carbocycles. The van der Waals surface area contributed by atoms with E-state index in [1.54, 1.807) is 18.3 Å². The predicted molar refractivity (Wildman–Crippen MR) is 79.5 cm³/mol. The Bertz CT molecular complexity index is 572. The molecule has 0 fully saturated rings. The third kappa shape index (κ3) is 3.66. The van der Waals surface area contributed by atoms with Gasteiger partial charge in [0.05, 0.1) is 10.0 Å². The summed E-state index contributed by atoms with van der Waals surface area (Å²) in [6, 6.07) is 7.37. The first kappa shape index (κ1) is 14.3. The zero-order valence-electron chi connectivity index (χ0n) is 10.6. The van der Waals surface area contributed by atoms with Gasteiger partial charge in [0.1, 0.15) is 0 Å². The molecule has 0 radical (unpaired) electrons. The SMILES string of the molecule is CCC(N)Cc1ccnc(-c2ccc(Cl)c(Cl)c2)n1. The molecule has 0 saturated heterocycles. The third-order valence-corrected chi connectivity index (χ3v) is 3.63. The Morgan fingerprint density at radius 1 is 1.21 bits per heavy atom. The van der Waals surface area contributed by atoms with Crippen LogP contribution in [0.2, 0.25) is 10.0 Å². The second-order valence-electron chi connectivity index (χ2n) is 4.37. The van der Waals surface area contributed by atoms with E-state index >= 15 is 0 Å². The van der Waals surface area contributed by atoms with Crippen LogP contribution in [-0.4, -0.2) is 16.0 Å². The van der Waals surface area contributed by atoms with Crippen LogP contribution in [0.15, 0.2) is 30.5 Å². The van der Waals surface area contributed by atoms with Crippen LogP contribution in [0.3, 0.4) is 0 Å². The summed E-state index contributed by atoms with van der Waals surface area (Å²) in [7, 11) is 0. The summed E-state index contributed by atoms with van der Waals surface area (Å²) in [5, 5.41) is 1.02. The van der Waals surface area contributed by atoms with Crippen molar-refractivity contribution >= 4 is 23.2 Å². The summed E-state index contributed by atoms with van der Waals surface area (Å²) >= 11 is 11.9. The molecule has 0 amide bonds. The van der Waals surface area contributed by atoms with E-state index in [-0.39, 0.29) is 6.04 Å². The van der Waals surface area contributed by atoms with E-state index in [1.165, 1.54) is 0 Å². The smallest absolute Gasteiger partial charge is 0.159 e. The highest BCUT2D eigenvalue weighted by molar-refractivity contribution is 6.42. The van der Waals surface area contributed by atoms with Gasteiger partial charge in [-0.05, 0) is 30.7 Å². The molecule has 2 aromatic rings. The summed E-state index contributed by atoms with van der Waals surface area (Å²) in [5.41, 5.74) is 7.72. The lowest BCUT2D eigenvalue weighted by Crippen LogP contribution is -2.22.